The zero-order valence-electron chi connectivity index (χ0n) is 13.2. The highest BCUT2D eigenvalue weighted by Crippen LogP contribution is 2.53. The maximum atomic E-state index is 12.5. The van der Waals surface area contributed by atoms with Crippen LogP contribution in [-0.4, -0.2) is 41.2 Å². The number of aromatic nitrogens is 1. The topological polar surface area (TPSA) is 54.5 Å². The lowest BCUT2D eigenvalue weighted by Gasteiger charge is -2.55. The quantitative estimate of drug-likeness (QED) is 0.863. The van der Waals surface area contributed by atoms with Gasteiger partial charge in [0.1, 0.15) is 5.60 Å². The van der Waals surface area contributed by atoms with Crippen LogP contribution in [0.5, 0.6) is 0 Å². The number of hydrogen-bond acceptors (Lipinski definition) is 4. The Bertz CT molecular complexity index is 579. The number of likely N-dealkylation sites (tertiary alicyclic amines) is 1. The van der Waals surface area contributed by atoms with Gasteiger partial charge < -0.3 is 10.1 Å². The minimum atomic E-state index is -0.503. The van der Waals surface area contributed by atoms with E-state index in [2.05, 4.69) is 10.3 Å². The molecule has 3 heterocycles. The number of pyridine rings is 1. The Morgan fingerprint density at radius 3 is 2.91 bits per heavy atom. The van der Waals surface area contributed by atoms with Crippen molar-refractivity contribution >= 4 is 17.7 Å². The van der Waals surface area contributed by atoms with Gasteiger partial charge in [0.25, 0.3) is 0 Å². The molecule has 2 aliphatic rings. The van der Waals surface area contributed by atoms with Crippen LogP contribution >= 0.6 is 11.6 Å². The van der Waals surface area contributed by atoms with Gasteiger partial charge in [-0.15, -0.1) is 0 Å². The smallest absolute Gasteiger partial charge is 0.410 e. The Morgan fingerprint density at radius 1 is 1.55 bits per heavy atom. The fraction of sp³-hybridized carbons (Fsp3) is 0.625. The van der Waals surface area contributed by atoms with Gasteiger partial charge >= 0.3 is 6.09 Å². The van der Waals surface area contributed by atoms with Gasteiger partial charge in [-0.2, -0.15) is 0 Å². The van der Waals surface area contributed by atoms with Gasteiger partial charge in [-0.25, -0.2) is 4.79 Å². The first-order valence-electron chi connectivity index (χ1n) is 7.62. The number of carbonyl (C=O) groups is 1. The molecule has 6 heteroatoms. The molecule has 1 aromatic rings. The van der Waals surface area contributed by atoms with Crippen LogP contribution in [0.3, 0.4) is 0 Å². The standard InChI is InChI=1S/C16H22ClN3O2/c1-15(2,3)22-14(21)20-10-16(5-7-19-9-16)13(20)11-8-18-6-4-12(11)17/h4,6,8,13,19H,5,7,9-10H2,1-3H3. The molecule has 3 rings (SSSR count). The van der Waals surface area contributed by atoms with E-state index in [-0.39, 0.29) is 17.6 Å². The molecular formula is C16H22ClN3O2. The van der Waals surface area contributed by atoms with Gasteiger partial charge in [-0.1, -0.05) is 11.6 Å². The van der Waals surface area contributed by atoms with Crippen molar-refractivity contribution in [2.24, 2.45) is 5.41 Å². The lowest BCUT2D eigenvalue weighted by molar-refractivity contribution is -0.0739. The van der Waals surface area contributed by atoms with Crippen LogP contribution in [0.2, 0.25) is 5.02 Å². The molecule has 1 amide bonds. The van der Waals surface area contributed by atoms with Crippen molar-refractivity contribution in [3.8, 4) is 0 Å². The molecule has 1 aromatic heterocycles. The number of hydrogen-bond donors (Lipinski definition) is 1. The van der Waals surface area contributed by atoms with Crippen LogP contribution in [0, 0.1) is 5.41 Å². The lowest BCUT2D eigenvalue weighted by atomic mass is 9.68. The molecule has 2 saturated heterocycles. The molecule has 2 fully saturated rings. The molecule has 2 unspecified atom stereocenters. The maximum Gasteiger partial charge on any atom is 0.410 e. The molecule has 0 radical (unpaired) electrons. The van der Waals surface area contributed by atoms with Gasteiger partial charge in [0, 0.05) is 41.5 Å². The second-order valence-electron chi connectivity index (χ2n) is 7.20. The summed E-state index contributed by atoms with van der Waals surface area (Å²) >= 11 is 6.36. The normalized spacial score (nSPS) is 27.8. The number of ether oxygens (including phenoxy) is 1. The van der Waals surface area contributed by atoms with E-state index >= 15 is 0 Å². The summed E-state index contributed by atoms with van der Waals surface area (Å²) in [6.07, 6.45) is 4.18. The van der Waals surface area contributed by atoms with Crippen LogP contribution in [0.4, 0.5) is 4.79 Å². The second-order valence-corrected chi connectivity index (χ2v) is 7.60. The number of carbonyl (C=O) groups excluding carboxylic acids is 1. The summed E-state index contributed by atoms with van der Waals surface area (Å²) in [4.78, 5) is 18.5. The number of amides is 1. The number of nitrogens with one attached hydrogen (secondary N) is 1. The van der Waals surface area contributed by atoms with Gasteiger partial charge in [0.2, 0.25) is 0 Å². The molecule has 0 aromatic carbocycles. The monoisotopic (exact) mass is 323 g/mol. The SMILES string of the molecule is CC(C)(C)OC(=O)N1CC2(CCNC2)C1c1cnccc1Cl. The third kappa shape index (κ3) is 2.68. The van der Waals surface area contributed by atoms with E-state index < -0.39 is 5.60 Å². The zero-order valence-corrected chi connectivity index (χ0v) is 14.0. The molecular weight excluding hydrogens is 302 g/mol. The van der Waals surface area contributed by atoms with Crippen LogP contribution in [0.1, 0.15) is 38.8 Å². The van der Waals surface area contributed by atoms with E-state index in [1.807, 2.05) is 20.8 Å². The van der Waals surface area contributed by atoms with Crippen molar-refractivity contribution in [1.29, 1.82) is 0 Å². The maximum absolute atomic E-state index is 12.5. The number of nitrogens with zero attached hydrogens (tertiary/aromatic N) is 2. The highest BCUT2D eigenvalue weighted by molar-refractivity contribution is 6.31. The van der Waals surface area contributed by atoms with Crippen molar-refractivity contribution < 1.29 is 9.53 Å². The molecule has 120 valence electrons. The first-order chi connectivity index (χ1) is 10.3. The lowest BCUT2D eigenvalue weighted by Crippen LogP contribution is -2.62. The van der Waals surface area contributed by atoms with E-state index in [9.17, 15) is 4.79 Å². The van der Waals surface area contributed by atoms with Gasteiger partial charge in [-0.3, -0.25) is 9.88 Å². The fourth-order valence-electron chi connectivity index (χ4n) is 3.45. The summed E-state index contributed by atoms with van der Waals surface area (Å²) in [5.74, 6) is 0. The molecule has 2 atom stereocenters. The molecule has 5 nitrogen and oxygen atoms in total. The first-order valence-corrected chi connectivity index (χ1v) is 8.00. The van der Waals surface area contributed by atoms with Gasteiger partial charge in [0.15, 0.2) is 0 Å². The van der Waals surface area contributed by atoms with Crippen LogP contribution in [0.25, 0.3) is 0 Å². The minimum absolute atomic E-state index is 0.0452. The van der Waals surface area contributed by atoms with Crippen LogP contribution in [0.15, 0.2) is 18.5 Å². The van der Waals surface area contributed by atoms with Crippen molar-refractivity contribution in [3.05, 3.63) is 29.0 Å². The van der Waals surface area contributed by atoms with E-state index in [4.69, 9.17) is 16.3 Å². The molecule has 1 spiro atoms. The van der Waals surface area contributed by atoms with Crippen LogP contribution in [-0.2, 0) is 4.74 Å². The van der Waals surface area contributed by atoms with E-state index in [1.165, 1.54) is 0 Å². The summed E-state index contributed by atoms with van der Waals surface area (Å²) in [5.41, 5.74) is 0.450. The summed E-state index contributed by atoms with van der Waals surface area (Å²) in [6, 6.07) is 1.71. The van der Waals surface area contributed by atoms with Gasteiger partial charge in [0.05, 0.1) is 6.04 Å². The van der Waals surface area contributed by atoms with Crippen molar-refractivity contribution in [1.82, 2.24) is 15.2 Å². The molecule has 22 heavy (non-hydrogen) atoms. The molecule has 0 saturated carbocycles. The summed E-state index contributed by atoms with van der Waals surface area (Å²) in [7, 11) is 0. The average Bonchev–Trinajstić information content (AvgIpc) is 2.88. The molecule has 2 aliphatic heterocycles. The summed E-state index contributed by atoms with van der Waals surface area (Å²) < 4.78 is 5.54. The summed E-state index contributed by atoms with van der Waals surface area (Å²) in [6.45, 7) is 8.19. The molecule has 0 aliphatic carbocycles. The van der Waals surface area contributed by atoms with Crippen molar-refractivity contribution in [3.63, 3.8) is 0 Å². The van der Waals surface area contributed by atoms with Crippen molar-refractivity contribution in [2.45, 2.75) is 38.8 Å². The Morgan fingerprint density at radius 2 is 2.32 bits per heavy atom. The Kier molecular flexibility index (Phi) is 3.81. The second kappa shape index (κ2) is 5.39. The summed E-state index contributed by atoms with van der Waals surface area (Å²) in [5, 5.41) is 4.05. The minimum Gasteiger partial charge on any atom is -0.444 e. The van der Waals surface area contributed by atoms with E-state index in [0.29, 0.717) is 11.6 Å². The highest BCUT2D eigenvalue weighted by atomic mass is 35.5. The zero-order chi connectivity index (χ0) is 16.0. The Balaban J connectivity index is 1.89. The highest BCUT2D eigenvalue weighted by Gasteiger charge is 2.57. The van der Waals surface area contributed by atoms with E-state index in [1.54, 1.807) is 23.4 Å². The molecule has 1 N–H and O–H groups in total. The van der Waals surface area contributed by atoms with Crippen LogP contribution < -0.4 is 5.32 Å². The predicted molar refractivity (Wildman–Crippen MR) is 84.8 cm³/mol. The van der Waals surface area contributed by atoms with Crippen molar-refractivity contribution in [2.75, 3.05) is 19.6 Å². The average molecular weight is 324 g/mol. The largest absolute Gasteiger partial charge is 0.444 e. The fourth-order valence-corrected chi connectivity index (χ4v) is 3.65. The number of halogens is 1. The number of rotatable bonds is 1. The Hall–Kier alpha value is -1.33. The predicted octanol–water partition coefficient (Wildman–Crippen LogP) is 3.01. The third-order valence-electron chi connectivity index (χ3n) is 4.37. The third-order valence-corrected chi connectivity index (χ3v) is 4.72. The Labute approximate surface area is 136 Å². The molecule has 0 bridgehead atoms. The van der Waals surface area contributed by atoms with Gasteiger partial charge in [-0.05, 0) is 39.8 Å². The van der Waals surface area contributed by atoms with E-state index in [0.717, 1.165) is 25.1 Å². The first kappa shape index (κ1) is 15.6.